The maximum atomic E-state index is 11.8. The molecule has 0 saturated heterocycles. The number of aromatic amines is 1. The summed E-state index contributed by atoms with van der Waals surface area (Å²) in [5.41, 5.74) is 2.45. The van der Waals surface area contributed by atoms with Crippen molar-refractivity contribution in [1.29, 1.82) is 0 Å². The van der Waals surface area contributed by atoms with Gasteiger partial charge in [0, 0.05) is 17.2 Å². The predicted molar refractivity (Wildman–Crippen MR) is 61.2 cm³/mol. The van der Waals surface area contributed by atoms with E-state index in [1.165, 1.54) is 30.5 Å². The SMILES string of the molecule is O=C(Nc1n[nH]c2c1CCCC2)C1CCC1. The van der Waals surface area contributed by atoms with E-state index in [9.17, 15) is 4.79 Å². The topological polar surface area (TPSA) is 57.8 Å². The Kier molecular flexibility index (Phi) is 2.42. The van der Waals surface area contributed by atoms with Gasteiger partial charge in [-0.3, -0.25) is 9.89 Å². The fraction of sp³-hybridized carbons (Fsp3) is 0.667. The fourth-order valence-electron chi connectivity index (χ4n) is 2.47. The largest absolute Gasteiger partial charge is 0.309 e. The van der Waals surface area contributed by atoms with Crippen LogP contribution in [0.1, 0.15) is 43.4 Å². The van der Waals surface area contributed by atoms with Gasteiger partial charge in [0.1, 0.15) is 0 Å². The lowest BCUT2D eigenvalue weighted by molar-refractivity contribution is -0.122. The minimum absolute atomic E-state index is 0.158. The predicted octanol–water partition coefficient (Wildman–Crippen LogP) is 2.03. The van der Waals surface area contributed by atoms with Crippen LogP contribution in [0.3, 0.4) is 0 Å². The third-order valence-electron chi connectivity index (χ3n) is 3.77. The number of anilines is 1. The van der Waals surface area contributed by atoms with Crippen LogP contribution in [0.4, 0.5) is 5.82 Å². The van der Waals surface area contributed by atoms with Crippen molar-refractivity contribution in [3.63, 3.8) is 0 Å². The lowest BCUT2D eigenvalue weighted by Gasteiger charge is -2.23. The van der Waals surface area contributed by atoms with E-state index in [4.69, 9.17) is 0 Å². The molecule has 0 aliphatic heterocycles. The number of rotatable bonds is 2. The first-order valence-corrected chi connectivity index (χ1v) is 6.21. The molecule has 3 rings (SSSR count). The normalized spacial score (nSPS) is 20.0. The maximum Gasteiger partial charge on any atom is 0.228 e. The molecule has 0 bridgehead atoms. The first-order chi connectivity index (χ1) is 7.84. The molecule has 1 aromatic heterocycles. The van der Waals surface area contributed by atoms with Crippen LogP contribution in [0.2, 0.25) is 0 Å². The number of amides is 1. The number of H-pyrrole nitrogens is 1. The van der Waals surface area contributed by atoms with E-state index >= 15 is 0 Å². The molecule has 1 saturated carbocycles. The van der Waals surface area contributed by atoms with E-state index in [2.05, 4.69) is 15.5 Å². The van der Waals surface area contributed by atoms with Crippen molar-refractivity contribution >= 4 is 11.7 Å². The molecule has 0 atom stereocenters. The zero-order chi connectivity index (χ0) is 11.0. The van der Waals surface area contributed by atoms with Gasteiger partial charge in [0.05, 0.1) is 0 Å². The molecule has 2 N–H and O–H groups in total. The summed E-state index contributed by atoms with van der Waals surface area (Å²) >= 11 is 0. The zero-order valence-electron chi connectivity index (χ0n) is 9.38. The van der Waals surface area contributed by atoms with Gasteiger partial charge in [0.25, 0.3) is 0 Å². The summed E-state index contributed by atoms with van der Waals surface area (Å²) < 4.78 is 0. The van der Waals surface area contributed by atoms with E-state index in [1.807, 2.05) is 0 Å². The summed E-state index contributed by atoms with van der Waals surface area (Å²) in [6, 6.07) is 0. The number of aryl methyl sites for hydroxylation is 1. The minimum atomic E-state index is 0.158. The van der Waals surface area contributed by atoms with Gasteiger partial charge in [-0.05, 0) is 38.5 Å². The third-order valence-corrected chi connectivity index (χ3v) is 3.77. The molecule has 86 valence electrons. The molecule has 1 heterocycles. The molecule has 4 heteroatoms. The number of carbonyl (C=O) groups excluding carboxylic acids is 1. The second-order valence-corrected chi connectivity index (χ2v) is 4.85. The molecule has 2 aliphatic rings. The molecule has 16 heavy (non-hydrogen) atoms. The standard InChI is InChI=1S/C12H17N3O/c16-12(8-4-3-5-8)13-11-9-6-1-2-7-10(9)14-15-11/h8H,1-7H2,(H2,13,14,15,16). The molecular formula is C12H17N3O. The Balaban J connectivity index is 1.74. The highest BCUT2D eigenvalue weighted by Gasteiger charge is 2.27. The van der Waals surface area contributed by atoms with Gasteiger partial charge < -0.3 is 5.32 Å². The highest BCUT2D eigenvalue weighted by atomic mass is 16.2. The molecule has 1 aromatic rings. The van der Waals surface area contributed by atoms with Crippen LogP contribution in [-0.4, -0.2) is 16.1 Å². The van der Waals surface area contributed by atoms with E-state index in [1.54, 1.807) is 0 Å². The summed E-state index contributed by atoms with van der Waals surface area (Å²) in [4.78, 5) is 11.8. The van der Waals surface area contributed by atoms with Gasteiger partial charge in [-0.15, -0.1) is 0 Å². The van der Waals surface area contributed by atoms with Crippen LogP contribution in [0.5, 0.6) is 0 Å². The maximum absolute atomic E-state index is 11.8. The Labute approximate surface area is 94.8 Å². The van der Waals surface area contributed by atoms with Crippen LogP contribution >= 0.6 is 0 Å². The molecule has 2 aliphatic carbocycles. The lowest BCUT2D eigenvalue weighted by atomic mass is 9.85. The second-order valence-electron chi connectivity index (χ2n) is 4.85. The summed E-state index contributed by atoms with van der Waals surface area (Å²) in [7, 11) is 0. The highest BCUT2D eigenvalue weighted by molar-refractivity contribution is 5.92. The van der Waals surface area contributed by atoms with E-state index in [0.717, 1.165) is 31.5 Å². The zero-order valence-corrected chi connectivity index (χ0v) is 9.38. The van der Waals surface area contributed by atoms with Crippen molar-refractivity contribution in [3.8, 4) is 0 Å². The van der Waals surface area contributed by atoms with Gasteiger partial charge in [0.2, 0.25) is 5.91 Å². The van der Waals surface area contributed by atoms with Gasteiger partial charge >= 0.3 is 0 Å². The molecule has 4 nitrogen and oxygen atoms in total. The van der Waals surface area contributed by atoms with Gasteiger partial charge in [-0.1, -0.05) is 6.42 Å². The number of fused-ring (bicyclic) bond motifs is 1. The average molecular weight is 219 g/mol. The van der Waals surface area contributed by atoms with Crippen molar-refractivity contribution in [2.24, 2.45) is 5.92 Å². The molecule has 0 unspecified atom stereocenters. The Morgan fingerprint density at radius 1 is 1.25 bits per heavy atom. The van der Waals surface area contributed by atoms with Gasteiger partial charge in [0.15, 0.2) is 5.82 Å². The fourth-order valence-corrected chi connectivity index (χ4v) is 2.47. The van der Waals surface area contributed by atoms with Gasteiger partial charge in [-0.2, -0.15) is 5.10 Å². The highest BCUT2D eigenvalue weighted by Crippen LogP contribution is 2.29. The second kappa shape index (κ2) is 3.92. The van der Waals surface area contributed by atoms with Crippen molar-refractivity contribution in [2.45, 2.75) is 44.9 Å². The third kappa shape index (κ3) is 1.62. The van der Waals surface area contributed by atoms with Crippen molar-refractivity contribution in [3.05, 3.63) is 11.3 Å². The Hall–Kier alpha value is -1.32. The summed E-state index contributed by atoms with van der Waals surface area (Å²) in [5, 5.41) is 10.2. The van der Waals surface area contributed by atoms with Crippen LogP contribution in [0, 0.1) is 5.92 Å². The van der Waals surface area contributed by atoms with Crippen LogP contribution in [-0.2, 0) is 17.6 Å². The molecule has 0 radical (unpaired) electrons. The lowest BCUT2D eigenvalue weighted by Crippen LogP contribution is -2.28. The first kappa shape index (κ1) is 9.87. The molecule has 1 fully saturated rings. The van der Waals surface area contributed by atoms with E-state index in [-0.39, 0.29) is 11.8 Å². The number of carbonyl (C=O) groups is 1. The molecule has 1 amide bonds. The van der Waals surface area contributed by atoms with Crippen molar-refractivity contribution < 1.29 is 4.79 Å². The summed E-state index contributed by atoms with van der Waals surface area (Å²) in [5.74, 6) is 1.17. The van der Waals surface area contributed by atoms with E-state index < -0.39 is 0 Å². The molecular weight excluding hydrogens is 202 g/mol. The van der Waals surface area contributed by atoms with Crippen LogP contribution in [0.25, 0.3) is 0 Å². The van der Waals surface area contributed by atoms with Crippen molar-refractivity contribution in [2.75, 3.05) is 5.32 Å². The number of nitrogens with one attached hydrogen (secondary N) is 2. The Bertz CT molecular complexity index is 406. The van der Waals surface area contributed by atoms with E-state index in [0.29, 0.717) is 0 Å². The number of hydrogen-bond donors (Lipinski definition) is 2. The molecule has 0 spiro atoms. The Morgan fingerprint density at radius 3 is 2.81 bits per heavy atom. The minimum Gasteiger partial charge on any atom is -0.309 e. The average Bonchev–Trinajstić information content (AvgIpc) is 2.59. The van der Waals surface area contributed by atoms with Crippen molar-refractivity contribution in [1.82, 2.24) is 10.2 Å². The van der Waals surface area contributed by atoms with Crippen LogP contribution in [0.15, 0.2) is 0 Å². The Morgan fingerprint density at radius 2 is 2.06 bits per heavy atom. The quantitative estimate of drug-likeness (QED) is 0.799. The smallest absolute Gasteiger partial charge is 0.228 e. The summed E-state index contributed by atoms with van der Waals surface area (Å²) in [6.45, 7) is 0. The first-order valence-electron chi connectivity index (χ1n) is 6.21. The monoisotopic (exact) mass is 219 g/mol. The van der Waals surface area contributed by atoms with Gasteiger partial charge in [-0.25, -0.2) is 0 Å². The number of hydrogen-bond acceptors (Lipinski definition) is 2. The van der Waals surface area contributed by atoms with Crippen LogP contribution < -0.4 is 5.32 Å². The summed E-state index contributed by atoms with van der Waals surface area (Å²) in [6.07, 6.45) is 7.82. The number of nitrogens with zero attached hydrogens (tertiary/aromatic N) is 1. The molecule has 0 aromatic carbocycles. The number of aromatic nitrogens is 2.